The SMILES string of the molecule is CC1(C)[C@H]2CC[C@]1(C)[C@H](OC(=O)c1ccc([N+](=O)[O-])cc1)C2. The van der Waals surface area contributed by atoms with Crippen LogP contribution in [0.2, 0.25) is 0 Å². The molecule has 1 aromatic rings. The summed E-state index contributed by atoms with van der Waals surface area (Å²) in [6.07, 6.45) is 3.14. The van der Waals surface area contributed by atoms with E-state index in [2.05, 4.69) is 20.8 Å². The molecule has 2 aliphatic rings. The minimum Gasteiger partial charge on any atom is -0.458 e. The number of nitro groups is 1. The molecule has 118 valence electrons. The average molecular weight is 303 g/mol. The lowest BCUT2D eigenvalue weighted by Crippen LogP contribution is -2.38. The number of esters is 1. The fourth-order valence-electron chi connectivity index (χ4n) is 4.22. The summed E-state index contributed by atoms with van der Waals surface area (Å²) in [5, 5.41) is 10.7. The van der Waals surface area contributed by atoms with Crippen molar-refractivity contribution in [3.8, 4) is 0 Å². The Morgan fingerprint density at radius 2 is 1.91 bits per heavy atom. The smallest absolute Gasteiger partial charge is 0.338 e. The van der Waals surface area contributed by atoms with Gasteiger partial charge in [-0.1, -0.05) is 20.8 Å². The first-order valence-electron chi connectivity index (χ1n) is 7.71. The molecule has 22 heavy (non-hydrogen) atoms. The Balaban J connectivity index is 1.74. The number of ether oxygens (including phenoxy) is 1. The summed E-state index contributed by atoms with van der Waals surface area (Å²) in [4.78, 5) is 22.5. The van der Waals surface area contributed by atoms with Crippen molar-refractivity contribution < 1.29 is 14.5 Å². The van der Waals surface area contributed by atoms with Crippen LogP contribution >= 0.6 is 0 Å². The van der Waals surface area contributed by atoms with Gasteiger partial charge >= 0.3 is 5.97 Å². The van der Waals surface area contributed by atoms with Crippen LogP contribution in [-0.4, -0.2) is 17.0 Å². The highest BCUT2D eigenvalue weighted by Gasteiger charge is 2.62. The fourth-order valence-corrected chi connectivity index (χ4v) is 4.22. The molecule has 0 unspecified atom stereocenters. The standard InChI is InChI=1S/C17H21NO4/c1-16(2)12-8-9-17(16,3)14(10-12)22-15(19)11-4-6-13(7-5-11)18(20)21/h4-7,12,14H,8-10H2,1-3H3/t12-,14+,17+/m0/s1. The normalized spacial score (nSPS) is 32.0. The Morgan fingerprint density at radius 1 is 1.27 bits per heavy atom. The third-order valence-electron chi connectivity index (χ3n) is 6.28. The van der Waals surface area contributed by atoms with Crippen LogP contribution in [0.1, 0.15) is 50.4 Å². The molecule has 0 spiro atoms. The van der Waals surface area contributed by atoms with Gasteiger partial charge in [0, 0.05) is 17.5 Å². The van der Waals surface area contributed by atoms with Crippen molar-refractivity contribution in [3.63, 3.8) is 0 Å². The third kappa shape index (κ3) is 2.02. The van der Waals surface area contributed by atoms with E-state index in [0.717, 1.165) is 12.8 Å². The minimum absolute atomic E-state index is 0.0219. The van der Waals surface area contributed by atoms with Crippen molar-refractivity contribution in [1.82, 2.24) is 0 Å². The molecule has 0 N–H and O–H groups in total. The van der Waals surface area contributed by atoms with Crippen LogP contribution in [-0.2, 0) is 4.74 Å². The van der Waals surface area contributed by atoms with E-state index >= 15 is 0 Å². The maximum absolute atomic E-state index is 12.3. The number of nitrogens with zero attached hydrogens (tertiary/aromatic N) is 1. The van der Waals surface area contributed by atoms with Crippen LogP contribution in [0.5, 0.6) is 0 Å². The molecule has 2 aliphatic carbocycles. The number of benzene rings is 1. The van der Waals surface area contributed by atoms with Crippen LogP contribution < -0.4 is 0 Å². The van der Waals surface area contributed by atoms with Crippen LogP contribution in [0.25, 0.3) is 0 Å². The Labute approximate surface area is 129 Å². The number of fused-ring (bicyclic) bond motifs is 2. The van der Waals surface area contributed by atoms with E-state index in [1.807, 2.05) is 0 Å². The molecule has 5 nitrogen and oxygen atoms in total. The first-order valence-corrected chi connectivity index (χ1v) is 7.71. The molecule has 0 aliphatic heterocycles. The van der Waals surface area contributed by atoms with Crippen molar-refractivity contribution in [2.75, 3.05) is 0 Å². The van der Waals surface area contributed by atoms with Crippen molar-refractivity contribution >= 4 is 11.7 Å². The number of hydrogen-bond acceptors (Lipinski definition) is 4. The van der Waals surface area contributed by atoms with Gasteiger partial charge in [-0.2, -0.15) is 0 Å². The Hall–Kier alpha value is -1.91. The monoisotopic (exact) mass is 303 g/mol. The van der Waals surface area contributed by atoms with Gasteiger partial charge in [-0.05, 0) is 42.7 Å². The third-order valence-corrected chi connectivity index (χ3v) is 6.28. The molecule has 2 bridgehead atoms. The second kappa shape index (κ2) is 4.80. The van der Waals surface area contributed by atoms with Crippen molar-refractivity contribution in [1.29, 1.82) is 0 Å². The van der Waals surface area contributed by atoms with Gasteiger partial charge in [0.2, 0.25) is 0 Å². The molecular formula is C17H21NO4. The van der Waals surface area contributed by atoms with Gasteiger partial charge in [0.1, 0.15) is 6.10 Å². The minimum atomic E-state index is -0.478. The molecule has 3 rings (SSSR count). The van der Waals surface area contributed by atoms with Crippen molar-refractivity contribution in [2.24, 2.45) is 16.7 Å². The van der Waals surface area contributed by atoms with Crippen LogP contribution in [0, 0.1) is 26.9 Å². The molecule has 0 saturated heterocycles. The Morgan fingerprint density at radius 3 is 2.36 bits per heavy atom. The molecule has 3 atom stereocenters. The highest BCUT2D eigenvalue weighted by molar-refractivity contribution is 5.89. The van der Waals surface area contributed by atoms with Gasteiger partial charge in [-0.25, -0.2) is 4.79 Å². The van der Waals surface area contributed by atoms with Gasteiger partial charge in [-0.15, -0.1) is 0 Å². The fraction of sp³-hybridized carbons (Fsp3) is 0.588. The predicted octanol–water partition coefficient (Wildman–Crippen LogP) is 3.97. The van der Waals surface area contributed by atoms with E-state index in [-0.39, 0.29) is 28.6 Å². The molecular weight excluding hydrogens is 282 g/mol. The van der Waals surface area contributed by atoms with E-state index < -0.39 is 4.92 Å². The zero-order valence-corrected chi connectivity index (χ0v) is 13.2. The van der Waals surface area contributed by atoms with E-state index in [9.17, 15) is 14.9 Å². The number of carbonyl (C=O) groups is 1. The van der Waals surface area contributed by atoms with Gasteiger partial charge in [-0.3, -0.25) is 10.1 Å². The highest BCUT2D eigenvalue weighted by Crippen LogP contribution is 2.66. The first-order chi connectivity index (χ1) is 10.3. The molecule has 1 aromatic carbocycles. The first kappa shape index (κ1) is 15.0. The summed E-state index contributed by atoms with van der Waals surface area (Å²) in [6.45, 7) is 6.75. The number of rotatable bonds is 3. The molecule has 0 heterocycles. The van der Waals surface area contributed by atoms with E-state index in [4.69, 9.17) is 4.74 Å². The molecule has 5 heteroatoms. The van der Waals surface area contributed by atoms with Gasteiger partial charge in [0.25, 0.3) is 5.69 Å². The summed E-state index contributed by atoms with van der Waals surface area (Å²) in [7, 11) is 0. The van der Waals surface area contributed by atoms with Crippen LogP contribution in [0.15, 0.2) is 24.3 Å². The summed E-state index contributed by atoms with van der Waals surface area (Å²) in [6, 6.07) is 5.59. The van der Waals surface area contributed by atoms with Crippen molar-refractivity contribution in [3.05, 3.63) is 39.9 Å². The van der Waals surface area contributed by atoms with E-state index in [1.54, 1.807) is 0 Å². The lowest BCUT2D eigenvalue weighted by Gasteiger charge is -2.38. The molecule has 0 amide bonds. The second-order valence-corrected chi connectivity index (χ2v) is 7.31. The Kier molecular flexibility index (Phi) is 3.27. The van der Waals surface area contributed by atoms with E-state index in [0.29, 0.717) is 11.5 Å². The number of non-ortho nitro benzene ring substituents is 1. The number of hydrogen-bond donors (Lipinski definition) is 0. The van der Waals surface area contributed by atoms with E-state index in [1.165, 1.54) is 30.7 Å². The molecule has 0 aromatic heterocycles. The zero-order valence-electron chi connectivity index (χ0n) is 13.2. The van der Waals surface area contributed by atoms with Crippen molar-refractivity contribution in [2.45, 2.75) is 46.1 Å². The lowest BCUT2D eigenvalue weighted by atomic mass is 9.70. The molecule has 2 saturated carbocycles. The summed E-state index contributed by atoms with van der Waals surface area (Å²) < 4.78 is 5.76. The largest absolute Gasteiger partial charge is 0.458 e. The topological polar surface area (TPSA) is 69.4 Å². The predicted molar refractivity (Wildman–Crippen MR) is 81.5 cm³/mol. The van der Waals surface area contributed by atoms with Gasteiger partial charge in [0.05, 0.1) is 10.5 Å². The quantitative estimate of drug-likeness (QED) is 0.481. The summed E-state index contributed by atoms with van der Waals surface area (Å²) in [5.74, 6) is 0.219. The molecule has 2 fully saturated rings. The van der Waals surface area contributed by atoms with Gasteiger partial charge < -0.3 is 4.74 Å². The highest BCUT2D eigenvalue weighted by atomic mass is 16.6. The summed E-state index contributed by atoms with van der Waals surface area (Å²) >= 11 is 0. The molecule has 0 radical (unpaired) electrons. The second-order valence-electron chi connectivity index (χ2n) is 7.31. The van der Waals surface area contributed by atoms with Gasteiger partial charge in [0.15, 0.2) is 0 Å². The van der Waals surface area contributed by atoms with Crippen LogP contribution in [0.3, 0.4) is 0 Å². The zero-order chi connectivity index (χ0) is 16.1. The number of nitro benzene ring substituents is 1. The average Bonchev–Trinajstić information content (AvgIpc) is 2.80. The van der Waals surface area contributed by atoms with Crippen LogP contribution in [0.4, 0.5) is 5.69 Å². The maximum Gasteiger partial charge on any atom is 0.338 e. The lowest BCUT2D eigenvalue weighted by molar-refractivity contribution is -0.384. The Bertz CT molecular complexity index is 622. The summed E-state index contributed by atoms with van der Waals surface area (Å²) in [5.41, 5.74) is 0.556. The number of carbonyl (C=O) groups excluding carboxylic acids is 1. The maximum atomic E-state index is 12.3.